The Hall–Kier alpha value is -1.52. The molecule has 0 amide bonds. The molecule has 1 N–H and O–H groups in total. The highest BCUT2D eigenvalue weighted by molar-refractivity contribution is 6.45. The number of carboxylic acids is 1. The van der Waals surface area contributed by atoms with E-state index in [-0.39, 0.29) is 15.4 Å². The predicted molar refractivity (Wildman–Crippen MR) is 65.9 cm³/mol. The van der Waals surface area contributed by atoms with Crippen molar-refractivity contribution in [3.8, 4) is 0 Å². The van der Waals surface area contributed by atoms with Crippen LogP contribution < -0.4 is 5.56 Å². The fourth-order valence-electron chi connectivity index (χ4n) is 1.57. The maximum Gasteiger partial charge on any atom is 0.323 e. The van der Waals surface area contributed by atoms with E-state index >= 15 is 0 Å². The van der Waals surface area contributed by atoms with Crippen molar-refractivity contribution in [3.63, 3.8) is 0 Å². The van der Waals surface area contributed by atoms with Gasteiger partial charge in [-0.2, -0.15) is 0 Å². The maximum absolute atomic E-state index is 12.0. The Balaban J connectivity index is 2.78. The molecule has 88 valence electrons. The van der Waals surface area contributed by atoms with Crippen LogP contribution in [0.15, 0.2) is 29.2 Å². The molecule has 17 heavy (non-hydrogen) atoms. The first kappa shape index (κ1) is 12.0. The summed E-state index contributed by atoms with van der Waals surface area (Å²) < 4.78 is 1.08. The summed E-state index contributed by atoms with van der Waals surface area (Å²) in [4.78, 5) is 22.6. The van der Waals surface area contributed by atoms with Gasteiger partial charge in [-0.15, -0.1) is 0 Å². The van der Waals surface area contributed by atoms with Crippen LogP contribution >= 0.6 is 23.2 Å². The second-order valence-corrected chi connectivity index (χ2v) is 4.25. The molecule has 0 saturated carbocycles. The van der Waals surface area contributed by atoms with Crippen molar-refractivity contribution in [3.05, 3.63) is 44.8 Å². The number of carbonyl (C=O) groups is 1. The zero-order valence-electron chi connectivity index (χ0n) is 8.48. The van der Waals surface area contributed by atoms with Gasteiger partial charge in [-0.05, 0) is 17.5 Å². The molecule has 6 heteroatoms. The molecule has 0 bridgehead atoms. The smallest absolute Gasteiger partial charge is 0.323 e. The number of benzene rings is 1. The average Bonchev–Trinajstić information content (AvgIpc) is 2.26. The van der Waals surface area contributed by atoms with E-state index in [0.717, 1.165) is 4.57 Å². The van der Waals surface area contributed by atoms with Crippen LogP contribution in [0.1, 0.15) is 0 Å². The number of aliphatic carboxylic acids is 1. The molecule has 0 saturated heterocycles. The number of fused-ring (bicyclic) bond motifs is 1. The van der Waals surface area contributed by atoms with E-state index in [4.69, 9.17) is 28.3 Å². The molecule has 0 unspecified atom stereocenters. The summed E-state index contributed by atoms with van der Waals surface area (Å²) in [5.41, 5.74) is -0.461. The third kappa shape index (κ3) is 2.14. The second-order valence-electron chi connectivity index (χ2n) is 3.47. The Morgan fingerprint density at radius 2 is 2.00 bits per heavy atom. The van der Waals surface area contributed by atoms with Crippen molar-refractivity contribution in [2.75, 3.05) is 0 Å². The normalized spacial score (nSPS) is 10.7. The fraction of sp³-hybridized carbons (Fsp3) is 0.0909. The number of carboxylic acid groups (broad SMARTS) is 1. The van der Waals surface area contributed by atoms with E-state index in [1.54, 1.807) is 18.2 Å². The van der Waals surface area contributed by atoms with Gasteiger partial charge < -0.3 is 9.67 Å². The minimum absolute atomic E-state index is 0.147. The zero-order valence-corrected chi connectivity index (χ0v) is 10.00. The van der Waals surface area contributed by atoms with Gasteiger partial charge in [0, 0.05) is 6.20 Å². The highest BCUT2D eigenvalue weighted by Crippen LogP contribution is 2.28. The molecular formula is C11H7Cl2NO3. The lowest BCUT2D eigenvalue weighted by atomic mass is 10.2. The first-order chi connectivity index (χ1) is 8.00. The lowest BCUT2D eigenvalue weighted by Gasteiger charge is -2.06. The average molecular weight is 272 g/mol. The van der Waals surface area contributed by atoms with Gasteiger partial charge in [0.2, 0.25) is 0 Å². The largest absolute Gasteiger partial charge is 0.480 e. The van der Waals surface area contributed by atoms with E-state index in [0.29, 0.717) is 5.39 Å². The zero-order chi connectivity index (χ0) is 12.6. The molecular weight excluding hydrogens is 265 g/mol. The van der Waals surface area contributed by atoms with Crippen LogP contribution in [-0.4, -0.2) is 15.6 Å². The van der Waals surface area contributed by atoms with Gasteiger partial charge >= 0.3 is 5.97 Å². The molecule has 2 aromatic rings. The van der Waals surface area contributed by atoms with Crippen molar-refractivity contribution in [2.24, 2.45) is 0 Å². The molecule has 0 atom stereocenters. The number of halogens is 2. The Bertz CT molecular complexity index is 664. The minimum Gasteiger partial charge on any atom is -0.480 e. The van der Waals surface area contributed by atoms with Crippen LogP contribution in [0, 0.1) is 0 Å². The topological polar surface area (TPSA) is 59.3 Å². The molecule has 0 aliphatic heterocycles. The molecule has 1 heterocycles. The highest BCUT2D eigenvalue weighted by Gasteiger charge is 2.11. The summed E-state index contributed by atoms with van der Waals surface area (Å²) in [6.45, 7) is -0.405. The molecule has 1 aromatic heterocycles. The third-order valence-corrected chi connectivity index (χ3v) is 3.15. The van der Waals surface area contributed by atoms with Gasteiger partial charge in [-0.25, -0.2) is 0 Å². The van der Waals surface area contributed by atoms with Crippen molar-refractivity contribution < 1.29 is 9.90 Å². The second kappa shape index (κ2) is 4.39. The van der Waals surface area contributed by atoms with Crippen LogP contribution in [0.2, 0.25) is 10.0 Å². The molecule has 0 radical (unpaired) electrons. The Morgan fingerprint density at radius 1 is 1.29 bits per heavy atom. The first-order valence-electron chi connectivity index (χ1n) is 4.69. The standard InChI is InChI=1S/C11H7Cl2NO3/c12-7-2-1-6-3-4-14(5-8(15)16)11(17)9(6)10(7)13/h1-4H,5H2,(H,15,16). The van der Waals surface area contributed by atoms with Crippen LogP contribution in [-0.2, 0) is 11.3 Å². The lowest BCUT2D eigenvalue weighted by Crippen LogP contribution is -2.23. The van der Waals surface area contributed by atoms with Gasteiger partial charge in [-0.3, -0.25) is 9.59 Å². The highest BCUT2D eigenvalue weighted by atomic mass is 35.5. The Labute approximate surface area is 106 Å². The van der Waals surface area contributed by atoms with Gasteiger partial charge in [0.1, 0.15) is 6.54 Å². The number of hydrogen-bond donors (Lipinski definition) is 1. The third-order valence-electron chi connectivity index (χ3n) is 2.34. The molecule has 1 aromatic carbocycles. The van der Waals surface area contributed by atoms with E-state index < -0.39 is 18.1 Å². The SMILES string of the molecule is O=C(O)Cn1ccc2ccc(Cl)c(Cl)c2c1=O. The molecule has 0 fully saturated rings. The van der Waals surface area contributed by atoms with Crippen molar-refractivity contribution in [1.29, 1.82) is 0 Å². The Morgan fingerprint density at radius 3 is 2.65 bits per heavy atom. The predicted octanol–water partition coefficient (Wildman–Crippen LogP) is 2.39. The van der Waals surface area contributed by atoms with E-state index in [1.807, 2.05) is 0 Å². The number of pyridine rings is 1. The van der Waals surface area contributed by atoms with Gasteiger partial charge in [0.25, 0.3) is 5.56 Å². The maximum atomic E-state index is 12.0. The lowest BCUT2D eigenvalue weighted by molar-refractivity contribution is -0.137. The van der Waals surface area contributed by atoms with E-state index in [9.17, 15) is 9.59 Å². The van der Waals surface area contributed by atoms with Crippen LogP contribution in [0.3, 0.4) is 0 Å². The van der Waals surface area contributed by atoms with Crippen molar-refractivity contribution in [1.82, 2.24) is 4.57 Å². The monoisotopic (exact) mass is 271 g/mol. The van der Waals surface area contributed by atoms with Crippen LogP contribution in [0.4, 0.5) is 0 Å². The van der Waals surface area contributed by atoms with E-state index in [1.165, 1.54) is 6.20 Å². The molecule has 4 nitrogen and oxygen atoms in total. The first-order valence-corrected chi connectivity index (χ1v) is 5.45. The number of aromatic nitrogens is 1. The number of nitrogens with zero attached hydrogens (tertiary/aromatic N) is 1. The summed E-state index contributed by atoms with van der Waals surface area (Å²) in [5, 5.41) is 9.95. The van der Waals surface area contributed by atoms with Gasteiger partial charge in [0.15, 0.2) is 0 Å². The number of hydrogen-bond acceptors (Lipinski definition) is 2. The summed E-state index contributed by atoms with van der Waals surface area (Å²) in [6, 6.07) is 4.88. The fourth-order valence-corrected chi connectivity index (χ4v) is 1.98. The molecule has 0 spiro atoms. The van der Waals surface area contributed by atoms with E-state index in [2.05, 4.69) is 0 Å². The van der Waals surface area contributed by atoms with Gasteiger partial charge in [-0.1, -0.05) is 29.3 Å². The molecule has 2 rings (SSSR count). The summed E-state index contributed by atoms with van der Waals surface area (Å²) in [5.74, 6) is -1.09. The quantitative estimate of drug-likeness (QED) is 0.913. The Kier molecular flexibility index (Phi) is 3.09. The number of rotatable bonds is 2. The summed E-state index contributed by atoms with van der Waals surface area (Å²) in [7, 11) is 0. The minimum atomic E-state index is -1.09. The van der Waals surface area contributed by atoms with Crippen molar-refractivity contribution in [2.45, 2.75) is 6.54 Å². The summed E-state index contributed by atoms with van der Waals surface area (Å²) in [6.07, 6.45) is 1.42. The van der Waals surface area contributed by atoms with Crippen LogP contribution in [0.5, 0.6) is 0 Å². The van der Waals surface area contributed by atoms with Crippen molar-refractivity contribution >= 4 is 39.9 Å². The van der Waals surface area contributed by atoms with Crippen LogP contribution in [0.25, 0.3) is 10.8 Å². The van der Waals surface area contributed by atoms with Gasteiger partial charge in [0.05, 0.1) is 15.4 Å². The summed E-state index contributed by atoms with van der Waals surface area (Å²) >= 11 is 11.8. The molecule has 0 aliphatic carbocycles. The molecule has 0 aliphatic rings.